The number of ketones is 1. The highest BCUT2D eigenvalue weighted by Gasteiger charge is 2.67. The normalized spacial score (nSPS) is 36.6. The van der Waals surface area contributed by atoms with Gasteiger partial charge in [-0.3, -0.25) is 19.2 Å². The SMILES string of the molecule is COC(=O)[C@@H]1C[C@H](OC(C)=O)C(=O)[C@H]2[C@@]1(C)CC[C@H]1C(=O)O[C@H](c3cc(CO)oc3CO)C[C@]21C. The number of ether oxygens (including phenoxy) is 3. The molecule has 0 bridgehead atoms. The summed E-state index contributed by atoms with van der Waals surface area (Å²) in [4.78, 5) is 51.8. The number of fused-ring (bicyclic) bond motifs is 3. The van der Waals surface area contributed by atoms with Crippen LogP contribution < -0.4 is 0 Å². The first-order chi connectivity index (χ1) is 16.5. The zero-order valence-corrected chi connectivity index (χ0v) is 20.4. The third-order valence-electron chi connectivity index (χ3n) is 8.44. The molecule has 1 aromatic rings. The summed E-state index contributed by atoms with van der Waals surface area (Å²) >= 11 is 0. The highest BCUT2D eigenvalue weighted by Crippen LogP contribution is 2.65. The third-order valence-corrected chi connectivity index (χ3v) is 8.44. The van der Waals surface area contributed by atoms with Gasteiger partial charge in [0.05, 0.1) is 18.9 Å². The van der Waals surface area contributed by atoms with Crippen LogP contribution in [0.1, 0.15) is 69.6 Å². The maximum absolute atomic E-state index is 13.9. The first-order valence-corrected chi connectivity index (χ1v) is 11.8. The van der Waals surface area contributed by atoms with Crippen molar-refractivity contribution >= 4 is 23.7 Å². The van der Waals surface area contributed by atoms with Gasteiger partial charge in [-0.05, 0) is 36.2 Å². The predicted octanol–water partition coefficient (Wildman–Crippen LogP) is 1.98. The zero-order valence-electron chi connectivity index (χ0n) is 20.4. The number of furan rings is 1. The fourth-order valence-corrected chi connectivity index (χ4v) is 6.97. The van der Waals surface area contributed by atoms with Gasteiger partial charge >= 0.3 is 17.9 Å². The molecule has 1 aromatic heterocycles. The van der Waals surface area contributed by atoms with Crippen LogP contribution in [0, 0.1) is 28.6 Å². The summed E-state index contributed by atoms with van der Waals surface area (Å²) in [6, 6.07) is 1.54. The van der Waals surface area contributed by atoms with Crippen LogP contribution in [0.25, 0.3) is 0 Å². The van der Waals surface area contributed by atoms with E-state index in [9.17, 15) is 29.4 Å². The Morgan fingerprint density at radius 3 is 2.49 bits per heavy atom. The molecule has 2 N–H and O–H groups in total. The summed E-state index contributed by atoms with van der Waals surface area (Å²) < 4.78 is 21.7. The van der Waals surface area contributed by atoms with Crippen LogP contribution in [-0.4, -0.2) is 47.1 Å². The predicted molar refractivity (Wildman–Crippen MR) is 117 cm³/mol. The number of hydrogen-bond donors (Lipinski definition) is 2. The van der Waals surface area contributed by atoms with E-state index in [1.807, 2.05) is 13.8 Å². The Morgan fingerprint density at radius 1 is 1.17 bits per heavy atom. The van der Waals surface area contributed by atoms with Gasteiger partial charge in [-0.2, -0.15) is 0 Å². The lowest BCUT2D eigenvalue weighted by atomic mass is 9.43. The van der Waals surface area contributed by atoms with E-state index >= 15 is 0 Å². The molecule has 1 saturated heterocycles. The quantitative estimate of drug-likeness (QED) is 0.461. The molecule has 10 heteroatoms. The lowest BCUT2D eigenvalue weighted by Gasteiger charge is -2.61. The van der Waals surface area contributed by atoms with E-state index in [2.05, 4.69) is 0 Å². The summed E-state index contributed by atoms with van der Waals surface area (Å²) in [5, 5.41) is 19.2. The van der Waals surface area contributed by atoms with Crippen molar-refractivity contribution in [2.24, 2.45) is 28.6 Å². The Bertz CT molecular complexity index is 1040. The van der Waals surface area contributed by atoms with Crippen LogP contribution >= 0.6 is 0 Å². The number of esters is 3. The molecule has 1 aliphatic heterocycles. The molecule has 2 heterocycles. The number of aliphatic hydroxyl groups is 2. The number of carbonyl (C=O) groups excluding carboxylic acids is 4. The van der Waals surface area contributed by atoms with E-state index in [0.717, 1.165) is 0 Å². The lowest BCUT2D eigenvalue weighted by molar-refractivity contribution is -0.210. The van der Waals surface area contributed by atoms with Crippen molar-refractivity contribution in [3.05, 3.63) is 23.2 Å². The van der Waals surface area contributed by atoms with Crippen molar-refractivity contribution in [2.75, 3.05) is 7.11 Å². The standard InChI is InChI=1S/C25H32O10/c1-12(28)33-17-8-16(22(30)32-4)24(2)6-5-15-23(31)35-18(9-25(15,3)21(24)20(17)29)14-7-13(10-26)34-19(14)11-27/h7,15-18,21,26-27H,5-6,8-11H2,1-4H3/t15-,16-,17-,18-,21-,24-,25-/m0/s1. The van der Waals surface area contributed by atoms with E-state index < -0.39 is 71.9 Å². The van der Waals surface area contributed by atoms with Crippen LogP contribution in [0.5, 0.6) is 0 Å². The smallest absolute Gasteiger partial charge is 0.310 e. The summed E-state index contributed by atoms with van der Waals surface area (Å²) in [5.74, 6) is -3.59. The maximum atomic E-state index is 13.9. The summed E-state index contributed by atoms with van der Waals surface area (Å²) in [7, 11) is 1.29. The van der Waals surface area contributed by atoms with E-state index in [-0.39, 0.29) is 30.1 Å². The largest absolute Gasteiger partial charge is 0.469 e. The van der Waals surface area contributed by atoms with E-state index in [0.29, 0.717) is 18.4 Å². The van der Waals surface area contributed by atoms with Gasteiger partial charge in [-0.15, -0.1) is 0 Å². The van der Waals surface area contributed by atoms with E-state index in [1.54, 1.807) is 0 Å². The molecule has 7 atom stereocenters. The van der Waals surface area contributed by atoms with Crippen molar-refractivity contribution in [3.8, 4) is 0 Å². The molecular weight excluding hydrogens is 460 g/mol. The summed E-state index contributed by atoms with van der Waals surface area (Å²) in [6.45, 7) is 4.08. The second kappa shape index (κ2) is 9.05. The first kappa shape index (κ1) is 25.4. The van der Waals surface area contributed by atoms with Gasteiger partial charge in [-0.25, -0.2) is 0 Å². The molecule has 0 unspecified atom stereocenters. The molecule has 2 saturated carbocycles. The molecule has 10 nitrogen and oxygen atoms in total. The second-order valence-corrected chi connectivity index (χ2v) is 10.4. The molecule has 0 radical (unpaired) electrons. The maximum Gasteiger partial charge on any atom is 0.310 e. The zero-order chi connectivity index (χ0) is 25.7. The summed E-state index contributed by atoms with van der Waals surface area (Å²) in [6.07, 6.45) is -0.830. The van der Waals surface area contributed by atoms with Gasteiger partial charge in [0.15, 0.2) is 11.9 Å². The minimum Gasteiger partial charge on any atom is -0.469 e. The van der Waals surface area contributed by atoms with Crippen molar-refractivity contribution < 1.29 is 48.0 Å². The minimum absolute atomic E-state index is 0.0307. The molecule has 35 heavy (non-hydrogen) atoms. The monoisotopic (exact) mass is 492 g/mol. The summed E-state index contributed by atoms with van der Waals surface area (Å²) in [5.41, 5.74) is -1.32. The highest BCUT2D eigenvalue weighted by atomic mass is 16.6. The molecule has 3 aliphatic rings. The molecule has 2 aliphatic carbocycles. The van der Waals surface area contributed by atoms with Crippen LogP contribution in [-0.2, 0) is 46.6 Å². The van der Waals surface area contributed by atoms with Gasteiger partial charge in [-0.1, -0.05) is 13.8 Å². The van der Waals surface area contributed by atoms with E-state index in [1.165, 1.54) is 20.1 Å². The third kappa shape index (κ3) is 3.96. The van der Waals surface area contributed by atoms with Gasteiger partial charge in [0.2, 0.25) is 0 Å². The number of cyclic esters (lactones) is 1. The van der Waals surface area contributed by atoms with Gasteiger partial charge in [0.25, 0.3) is 0 Å². The van der Waals surface area contributed by atoms with E-state index in [4.69, 9.17) is 18.6 Å². The van der Waals surface area contributed by atoms with Crippen molar-refractivity contribution in [1.29, 1.82) is 0 Å². The number of Topliss-reactive ketones (excluding diaryl/α,β-unsaturated/α-hetero) is 1. The Hall–Kier alpha value is -2.72. The molecule has 4 rings (SSSR count). The van der Waals surface area contributed by atoms with Gasteiger partial charge < -0.3 is 28.8 Å². The highest BCUT2D eigenvalue weighted by molar-refractivity contribution is 5.93. The second-order valence-electron chi connectivity index (χ2n) is 10.4. The van der Waals surface area contributed by atoms with Gasteiger partial charge in [0.1, 0.15) is 30.8 Å². The van der Waals surface area contributed by atoms with Crippen LogP contribution in [0.3, 0.4) is 0 Å². The Morgan fingerprint density at radius 2 is 1.89 bits per heavy atom. The van der Waals surface area contributed by atoms with Crippen molar-refractivity contribution in [3.63, 3.8) is 0 Å². The minimum atomic E-state index is -1.12. The Balaban J connectivity index is 1.80. The topological polar surface area (TPSA) is 150 Å². The van der Waals surface area contributed by atoms with Gasteiger partial charge in [0, 0.05) is 24.8 Å². The number of carbonyl (C=O) groups is 4. The van der Waals surface area contributed by atoms with Crippen molar-refractivity contribution in [1.82, 2.24) is 0 Å². The molecule has 0 spiro atoms. The number of aliphatic hydroxyl groups excluding tert-OH is 2. The Kier molecular flexibility index (Phi) is 6.56. The van der Waals surface area contributed by atoms with Crippen LogP contribution in [0.2, 0.25) is 0 Å². The lowest BCUT2D eigenvalue weighted by Crippen LogP contribution is -2.64. The molecule has 192 valence electrons. The van der Waals surface area contributed by atoms with Crippen molar-refractivity contribution in [2.45, 2.75) is 71.9 Å². The van der Waals surface area contributed by atoms with Crippen LogP contribution in [0.15, 0.2) is 10.5 Å². The number of methoxy groups -OCH3 is 1. The average Bonchev–Trinajstić information content (AvgIpc) is 3.23. The first-order valence-electron chi connectivity index (χ1n) is 11.8. The molecule has 0 aromatic carbocycles. The Labute approximate surface area is 202 Å². The molecular formula is C25H32O10. The molecule has 3 fully saturated rings. The molecule has 0 amide bonds. The fraction of sp³-hybridized carbons (Fsp3) is 0.680. The fourth-order valence-electron chi connectivity index (χ4n) is 6.97. The number of hydrogen-bond acceptors (Lipinski definition) is 10. The van der Waals surface area contributed by atoms with Crippen LogP contribution in [0.4, 0.5) is 0 Å². The average molecular weight is 493 g/mol. The number of rotatable bonds is 5.